The van der Waals surface area contributed by atoms with Crippen LogP contribution in [-0.2, 0) is 0 Å². The minimum atomic E-state index is 0.363. The van der Waals surface area contributed by atoms with E-state index in [-0.39, 0.29) is 0 Å². The second-order valence-electron chi connectivity index (χ2n) is 8.48. The van der Waals surface area contributed by atoms with Crippen LogP contribution in [0.25, 0.3) is 0 Å². The lowest BCUT2D eigenvalue weighted by Gasteiger charge is -2.59. The van der Waals surface area contributed by atoms with Crippen molar-refractivity contribution in [2.45, 2.75) is 64.6 Å². The maximum absolute atomic E-state index is 4.04. The minimum Gasteiger partial charge on any atom is -0.0922 e. The maximum atomic E-state index is 4.04. The van der Waals surface area contributed by atoms with Crippen molar-refractivity contribution in [3.05, 3.63) is 23.3 Å². The van der Waals surface area contributed by atoms with Crippen molar-refractivity contribution in [2.24, 2.45) is 28.6 Å². The van der Waals surface area contributed by atoms with Gasteiger partial charge in [-0.05, 0) is 56.3 Å². The SMILES string of the molecule is CC1=C2C3C=CCC(C(C)C)C3(CBr)CCC2(C)C(Br)CC1. The summed E-state index contributed by atoms with van der Waals surface area (Å²) in [7, 11) is 0. The third kappa shape index (κ3) is 2.34. The molecule has 0 heterocycles. The maximum Gasteiger partial charge on any atom is 0.0240 e. The zero-order chi connectivity index (χ0) is 16.1. The molecule has 0 aromatic carbocycles. The molecule has 0 amide bonds. The van der Waals surface area contributed by atoms with Crippen LogP contribution >= 0.6 is 31.9 Å². The van der Waals surface area contributed by atoms with E-state index in [2.05, 4.69) is 71.7 Å². The largest absolute Gasteiger partial charge is 0.0922 e. The first kappa shape index (κ1) is 17.3. The third-order valence-electron chi connectivity index (χ3n) is 7.09. The van der Waals surface area contributed by atoms with E-state index in [9.17, 15) is 0 Å². The Morgan fingerprint density at radius 2 is 2.05 bits per heavy atom. The highest BCUT2D eigenvalue weighted by molar-refractivity contribution is 9.09. The van der Waals surface area contributed by atoms with Crippen LogP contribution in [0.4, 0.5) is 0 Å². The molecule has 1 fully saturated rings. The number of allylic oxidation sites excluding steroid dienone is 4. The lowest BCUT2D eigenvalue weighted by Crippen LogP contribution is -2.53. The van der Waals surface area contributed by atoms with E-state index in [4.69, 9.17) is 0 Å². The second kappa shape index (κ2) is 6.06. The van der Waals surface area contributed by atoms with Crippen LogP contribution in [0.2, 0.25) is 0 Å². The van der Waals surface area contributed by atoms with Gasteiger partial charge in [0.15, 0.2) is 0 Å². The number of hydrogen-bond donors (Lipinski definition) is 0. The molecule has 0 saturated heterocycles. The Morgan fingerprint density at radius 3 is 2.68 bits per heavy atom. The lowest BCUT2D eigenvalue weighted by molar-refractivity contribution is 0.0281. The van der Waals surface area contributed by atoms with Gasteiger partial charge in [0.25, 0.3) is 0 Å². The Balaban J connectivity index is 2.13. The Bertz CT molecular complexity index is 504. The highest BCUT2D eigenvalue weighted by Gasteiger charge is 2.56. The van der Waals surface area contributed by atoms with Gasteiger partial charge in [0.2, 0.25) is 0 Å². The molecule has 0 aromatic heterocycles. The number of fused-ring (bicyclic) bond motifs is 3. The standard InChI is InChI=1S/C20H30Br2/c1-13(2)15-6-5-7-16-18-14(3)8-9-17(22)19(18,4)10-11-20(15,16)12-21/h5,7,13,15-17H,6,8-12H2,1-4H3. The summed E-state index contributed by atoms with van der Waals surface area (Å²) < 4.78 is 0. The smallest absolute Gasteiger partial charge is 0.0240 e. The van der Waals surface area contributed by atoms with E-state index in [1.54, 1.807) is 11.1 Å². The summed E-state index contributed by atoms with van der Waals surface area (Å²) in [6, 6.07) is 0. The lowest BCUT2D eigenvalue weighted by atomic mass is 9.47. The molecular formula is C20H30Br2. The van der Waals surface area contributed by atoms with Gasteiger partial charge in [-0.15, -0.1) is 0 Å². The molecule has 0 nitrogen and oxygen atoms in total. The molecule has 0 radical (unpaired) electrons. The average molecular weight is 430 g/mol. The Morgan fingerprint density at radius 1 is 1.32 bits per heavy atom. The van der Waals surface area contributed by atoms with Gasteiger partial charge >= 0.3 is 0 Å². The summed E-state index contributed by atoms with van der Waals surface area (Å²) in [5.74, 6) is 2.22. The summed E-state index contributed by atoms with van der Waals surface area (Å²) in [5, 5.41) is 1.15. The topological polar surface area (TPSA) is 0 Å². The van der Waals surface area contributed by atoms with E-state index in [1.165, 1.54) is 32.1 Å². The minimum absolute atomic E-state index is 0.363. The van der Waals surface area contributed by atoms with Crippen LogP contribution in [0.5, 0.6) is 0 Å². The van der Waals surface area contributed by atoms with Crippen LogP contribution in [0.1, 0.15) is 59.8 Å². The molecule has 5 atom stereocenters. The molecule has 0 bridgehead atoms. The molecule has 0 aromatic rings. The van der Waals surface area contributed by atoms with Crippen LogP contribution in [0, 0.1) is 28.6 Å². The molecule has 3 aliphatic rings. The first-order valence-electron chi connectivity index (χ1n) is 8.93. The van der Waals surface area contributed by atoms with E-state index in [1.807, 2.05) is 0 Å². The highest BCUT2D eigenvalue weighted by atomic mass is 79.9. The number of hydrogen-bond acceptors (Lipinski definition) is 0. The number of alkyl halides is 2. The van der Waals surface area contributed by atoms with Crippen molar-refractivity contribution in [3.8, 4) is 0 Å². The van der Waals surface area contributed by atoms with Crippen LogP contribution in [-0.4, -0.2) is 10.2 Å². The van der Waals surface area contributed by atoms with Crippen LogP contribution in [0.3, 0.4) is 0 Å². The van der Waals surface area contributed by atoms with Crippen molar-refractivity contribution < 1.29 is 0 Å². The van der Waals surface area contributed by atoms with Crippen molar-refractivity contribution >= 4 is 31.9 Å². The number of halogens is 2. The molecule has 0 aliphatic heterocycles. The van der Waals surface area contributed by atoms with E-state index < -0.39 is 0 Å². The number of rotatable bonds is 2. The Kier molecular flexibility index (Phi) is 4.76. The fourth-order valence-electron chi connectivity index (χ4n) is 5.78. The molecular weight excluding hydrogens is 400 g/mol. The molecule has 0 N–H and O–H groups in total. The zero-order valence-electron chi connectivity index (χ0n) is 14.5. The average Bonchev–Trinajstić information content (AvgIpc) is 2.50. The summed E-state index contributed by atoms with van der Waals surface area (Å²) in [6.07, 6.45) is 11.6. The second-order valence-corrected chi connectivity index (χ2v) is 10.1. The van der Waals surface area contributed by atoms with E-state index >= 15 is 0 Å². The van der Waals surface area contributed by atoms with Gasteiger partial charge < -0.3 is 0 Å². The third-order valence-corrected chi connectivity index (χ3v) is 9.60. The normalized spacial score (nSPS) is 45.0. The molecule has 1 saturated carbocycles. The van der Waals surface area contributed by atoms with Gasteiger partial charge in [0.05, 0.1) is 0 Å². The highest BCUT2D eigenvalue weighted by Crippen LogP contribution is 2.64. The molecule has 124 valence electrons. The van der Waals surface area contributed by atoms with E-state index in [0.717, 1.165) is 17.2 Å². The first-order chi connectivity index (χ1) is 10.4. The zero-order valence-corrected chi connectivity index (χ0v) is 17.6. The monoisotopic (exact) mass is 428 g/mol. The summed E-state index contributed by atoms with van der Waals surface area (Å²) in [5.41, 5.74) is 4.26. The first-order valence-corrected chi connectivity index (χ1v) is 11.0. The van der Waals surface area contributed by atoms with Crippen LogP contribution in [0.15, 0.2) is 23.3 Å². The molecule has 3 rings (SSSR count). The van der Waals surface area contributed by atoms with Gasteiger partial charge in [-0.2, -0.15) is 0 Å². The quantitative estimate of drug-likeness (QED) is 0.331. The summed E-state index contributed by atoms with van der Waals surface area (Å²) in [6.45, 7) is 9.78. The summed E-state index contributed by atoms with van der Waals surface area (Å²) >= 11 is 8.00. The fraction of sp³-hybridized carbons (Fsp3) is 0.800. The predicted molar refractivity (Wildman–Crippen MR) is 104 cm³/mol. The van der Waals surface area contributed by atoms with Gasteiger partial charge in [0.1, 0.15) is 0 Å². The Hall–Kier alpha value is 0.440. The van der Waals surface area contributed by atoms with Crippen molar-refractivity contribution in [3.63, 3.8) is 0 Å². The predicted octanol–water partition coefficient (Wildman–Crippen LogP) is 6.89. The molecule has 5 unspecified atom stereocenters. The van der Waals surface area contributed by atoms with Crippen LogP contribution < -0.4 is 0 Å². The van der Waals surface area contributed by atoms with Crippen molar-refractivity contribution in [1.82, 2.24) is 0 Å². The van der Waals surface area contributed by atoms with Gasteiger partial charge in [-0.1, -0.05) is 75.9 Å². The molecule has 2 heteroatoms. The molecule has 3 aliphatic carbocycles. The van der Waals surface area contributed by atoms with E-state index in [0.29, 0.717) is 21.6 Å². The van der Waals surface area contributed by atoms with Gasteiger partial charge in [-0.3, -0.25) is 0 Å². The van der Waals surface area contributed by atoms with Crippen molar-refractivity contribution in [2.75, 3.05) is 5.33 Å². The fourth-order valence-corrected chi connectivity index (χ4v) is 7.53. The summed E-state index contributed by atoms with van der Waals surface area (Å²) in [4.78, 5) is 0.653. The Labute approximate surface area is 153 Å². The molecule has 22 heavy (non-hydrogen) atoms. The molecule has 0 spiro atoms. The van der Waals surface area contributed by atoms with Gasteiger partial charge in [-0.25, -0.2) is 0 Å². The van der Waals surface area contributed by atoms with Crippen molar-refractivity contribution in [1.29, 1.82) is 0 Å². The van der Waals surface area contributed by atoms with Gasteiger partial charge in [0, 0.05) is 21.5 Å².